The molecule has 0 spiro atoms. The summed E-state index contributed by atoms with van der Waals surface area (Å²) >= 11 is 1.52. The van der Waals surface area contributed by atoms with Gasteiger partial charge in [-0.25, -0.2) is 4.98 Å². The van der Waals surface area contributed by atoms with Crippen LogP contribution in [-0.2, 0) is 6.42 Å². The number of carbonyl (C=O) groups is 1. The van der Waals surface area contributed by atoms with Crippen molar-refractivity contribution in [2.75, 3.05) is 6.54 Å². The van der Waals surface area contributed by atoms with E-state index in [1.54, 1.807) is 0 Å². The van der Waals surface area contributed by atoms with Crippen molar-refractivity contribution in [2.45, 2.75) is 51.0 Å². The number of amides is 1. The lowest BCUT2D eigenvalue weighted by atomic mass is 10.1. The van der Waals surface area contributed by atoms with Gasteiger partial charge in [-0.2, -0.15) is 0 Å². The minimum Gasteiger partial charge on any atom is -0.348 e. The molecule has 1 fully saturated rings. The van der Waals surface area contributed by atoms with E-state index in [-0.39, 0.29) is 18.3 Å². The van der Waals surface area contributed by atoms with Gasteiger partial charge in [-0.15, -0.1) is 23.7 Å². The van der Waals surface area contributed by atoms with E-state index >= 15 is 0 Å². The molecule has 108 valence electrons. The quantitative estimate of drug-likeness (QED) is 0.840. The first-order valence-corrected chi connectivity index (χ1v) is 7.63. The molecule has 4 nitrogen and oxygen atoms in total. The molecular weight excluding hydrogens is 282 g/mol. The SMILES string of the molecule is Cl.NCCc1nc(C(=O)NC2CCCCCC2)cs1. The fourth-order valence-electron chi connectivity index (χ4n) is 2.34. The highest BCUT2D eigenvalue weighted by Gasteiger charge is 2.17. The molecule has 0 aromatic carbocycles. The predicted molar refractivity (Wildman–Crippen MR) is 81.1 cm³/mol. The minimum absolute atomic E-state index is 0. The highest BCUT2D eigenvalue weighted by molar-refractivity contribution is 7.09. The van der Waals surface area contributed by atoms with Gasteiger partial charge in [0.1, 0.15) is 5.69 Å². The summed E-state index contributed by atoms with van der Waals surface area (Å²) in [6.07, 6.45) is 7.99. The third kappa shape index (κ3) is 5.09. The van der Waals surface area contributed by atoms with Crippen LogP contribution in [0.25, 0.3) is 0 Å². The third-order valence-electron chi connectivity index (χ3n) is 3.33. The second kappa shape index (κ2) is 8.51. The van der Waals surface area contributed by atoms with Crippen LogP contribution in [0.15, 0.2) is 5.38 Å². The summed E-state index contributed by atoms with van der Waals surface area (Å²) in [5.74, 6) is -0.0265. The number of aromatic nitrogens is 1. The van der Waals surface area contributed by atoms with E-state index in [4.69, 9.17) is 5.73 Å². The Morgan fingerprint density at radius 2 is 2.05 bits per heavy atom. The Labute approximate surface area is 124 Å². The Morgan fingerprint density at radius 3 is 2.68 bits per heavy atom. The Kier molecular flexibility index (Phi) is 7.34. The standard InChI is InChI=1S/C13H21N3OS.ClH/c14-8-7-12-16-11(9-18-12)13(17)15-10-5-3-1-2-4-6-10;/h9-10H,1-8,14H2,(H,15,17);1H. The first-order chi connectivity index (χ1) is 8.79. The van der Waals surface area contributed by atoms with Gasteiger partial charge in [0.25, 0.3) is 5.91 Å². The Hall–Kier alpha value is -0.650. The van der Waals surface area contributed by atoms with Gasteiger partial charge in [-0.1, -0.05) is 25.7 Å². The highest BCUT2D eigenvalue weighted by atomic mass is 35.5. The summed E-state index contributed by atoms with van der Waals surface area (Å²) in [7, 11) is 0. The zero-order valence-corrected chi connectivity index (χ0v) is 12.7. The molecule has 1 amide bonds. The molecule has 6 heteroatoms. The Bertz CT molecular complexity index is 389. The maximum atomic E-state index is 12.0. The van der Waals surface area contributed by atoms with Crippen LogP contribution in [-0.4, -0.2) is 23.5 Å². The van der Waals surface area contributed by atoms with Gasteiger partial charge >= 0.3 is 0 Å². The summed E-state index contributed by atoms with van der Waals surface area (Å²) in [5.41, 5.74) is 6.03. The second-order valence-corrected chi connectivity index (χ2v) is 5.77. The van der Waals surface area contributed by atoms with Crippen LogP contribution >= 0.6 is 23.7 Å². The molecule has 2 rings (SSSR count). The van der Waals surface area contributed by atoms with Crippen LogP contribution in [0.1, 0.15) is 54.0 Å². The van der Waals surface area contributed by atoms with Crippen LogP contribution in [0.3, 0.4) is 0 Å². The first-order valence-electron chi connectivity index (χ1n) is 6.75. The van der Waals surface area contributed by atoms with Gasteiger partial charge in [0.2, 0.25) is 0 Å². The van der Waals surface area contributed by atoms with Gasteiger partial charge in [-0.3, -0.25) is 4.79 Å². The summed E-state index contributed by atoms with van der Waals surface area (Å²) in [6, 6.07) is 0.333. The smallest absolute Gasteiger partial charge is 0.270 e. The summed E-state index contributed by atoms with van der Waals surface area (Å²) < 4.78 is 0. The maximum absolute atomic E-state index is 12.0. The van der Waals surface area contributed by atoms with Crippen LogP contribution in [0.5, 0.6) is 0 Å². The number of halogens is 1. The molecule has 3 N–H and O–H groups in total. The molecule has 0 radical (unpaired) electrons. The van der Waals surface area contributed by atoms with Crippen LogP contribution in [0.4, 0.5) is 0 Å². The zero-order valence-electron chi connectivity index (χ0n) is 11.1. The van der Waals surface area contributed by atoms with Gasteiger partial charge in [0, 0.05) is 17.8 Å². The van der Waals surface area contributed by atoms with Crippen LogP contribution < -0.4 is 11.1 Å². The number of thiazole rings is 1. The Balaban J connectivity index is 0.00000180. The number of rotatable bonds is 4. The van der Waals surface area contributed by atoms with Crippen molar-refractivity contribution in [1.82, 2.24) is 10.3 Å². The van der Waals surface area contributed by atoms with Crippen molar-refractivity contribution in [3.63, 3.8) is 0 Å². The Morgan fingerprint density at radius 1 is 1.37 bits per heavy atom. The summed E-state index contributed by atoms with van der Waals surface area (Å²) in [6.45, 7) is 0.581. The largest absolute Gasteiger partial charge is 0.348 e. The van der Waals surface area contributed by atoms with Crippen molar-refractivity contribution < 1.29 is 4.79 Å². The van der Waals surface area contributed by atoms with E-state index in [1.165, 1.54) is 37.0 Å². The molecule has 0 unspecified atom stereocenters. The normalized spacial score (nSPS) is 16.5. The number of nitrogens with two attached hydrogens (primary N) is 1. The summed E-state index contributed by atoms with van der Waals surface area (Å²) in [5, 5.41) is 5.88. The highest BCUT2D eigenvalue weighted by Crippen LogP contribution is 2.18. The lowest BCUT2D eigenvalue weighted by molar-refractivity contribution is 0.0929. The molecule has 1 aromatic heterocycles. The van der Waals surface area contributed by atoms with E-state index in [0.717, 1.165) is 24.3 Å². The molecule has 0 atom stereocenters. The molecule has 0 bridgehead atoms. The van der Waals surface area contributed by atoms with E-state index in [0.29, 0.717) is 18.3 Å². The van der Waals surface area contributed by atoms with Gasteiger partial charge in [0.15, 0.2) is 0 Å². The predicted octanol–water partition coefficient (Wildman–Crippen LogP) is 2.52. The molecule has 0 saturated heterocycles. The van der Waals surface area contributed by atoms with Crippen molar-refractivity contribution in [3.8, 4) is 0 Å². The van der Waals surface area contributed by atoms with Crippen molar-refractivity contribution in [3.05, 3.63) is 16.1 Å². The number of hydrogen-bond donors (Lipinski definition) is 2. The minimum atomic E-state index is -0.0265. The number of nitrogens with one attached hydrogen (secondary N) is 1. The molecule has 1 aliphatic rings. The van der Waals surface area contributed by atoms with Crippen molar-refractivity contribution in [1.29, 1.82) is 0 Å². The first kappa shape index (κ1) is 16.4. The van der Waals surface area contributed by atoms with Crippen molar-refractivity contribution >= 4 is 29.7 Å². The molecular formula is C13H22ClN3OS. The monoisotopic (exact) mass is 303 g/mol. The fraction of sp³-hybridized carbons (Fsp3) is 0.692. The van der Waals surface area contributed by atoms with E-state index in [9.17, 15) is 4.79 Å². The summed E-state index contributed by atoms with van der Waals surface area (Å²) in [4.78, 5) is 16.4. The molecule has 0 aliphatic heterocycles. The van der Waals surface area contributed by atoms with Crippen LogP contribution in [0, 0.1) is 0 Å². The molecule has 1 aromatic rings. The van der Waals surface area contributed by atoms with Gasteiger partial charge in [-0.05, 0) is 19.4 Å². The lowest BCUT2D eigenvalue weighted by Gasteiger charge is -2.15. The van der Waals surface area contributed by atoms with Gasteiger partial charge in [0.05, 0.1) is 5.01 Å². The fourth-order valence-corrected chi connectivity index (χ4v) is 3.13. The molecule has 1 saturated carbocycles. The van der Waals surface area contributed by atoms with E-state index < -0.39 is 0 Å². The third-order valence-corrected chi connectivity index (χ3v) is 4.24. The number of hydrogen-bond acceptors (Lipinski definition) is 4. The van der Waals surface area contributed by atoms with E-state index in [2.05, 4.69) is 10.3 Å². The zero-order chi connectivity index (χ0) is 12.8. The topological polar surface area (TPSA) is 68.0 Å². The van der Waals surface area contributed by atoms with Crippen LogP contribution in [0.2, 0.25) is 0 Å². The molecule has 1 heterocycles. The molecule has 1 aliphatic carbocycles. The van der Waals surface area contributed by atoms with E-state index in [1.807, 2.05) is 5.38 Å². The average Bonchev–Trinajstić information content (AvgIpc) is 2.67. The maximum Gasteiger partial charge on any atom is 0.270 e. The lowest BCUT2D eigenvalue weighted by Crippen LogP contribution is -2.34. The molecule has 19 heavy (non-hydrogen) atoms. The second-order valence-electron chi connectivity index (χ2n) is 4.83. The number of carbonyl (C=O) groups excluding carboxylic acids is 1. The van der Waals surface area contributed by atoms with Crippen molar-refractivity contribution in [2.24, 2.45) is 5.73 Å². The average molecular weight is 304 g/mol. The number of nitrogens with zero attached hydrogens (tertiary/aromatic N) is 1. The van der Waals surface area contributed by atoms with Gasteiger partial charge < -0.3 is 11.1 Å².